The van der Waals surface area contributed by atoms with Gasteiger partial charge in [-0.2, -0.15) is 0 Å². The van der Waals surface area contributed by atoms with Crippen LogP contribution >= 0.6 is 0 Å². The Morgan fingerprint density at radius 2 is 0.880 bits per heavy atom. The Kier molecular flexibility index (Phi) is 10.7. The second-order valence-electron chi connectivity index (χ2n) is 8.50. The molecule has 0 N–H and O–H groups in total. The molecule has 3 heteroatoms. The lowest BCUT2D eigenvalue weighted by Gasteiger charge is -2.44. The molecule has 0 amide bonds. The van der Waals surface area contributed by atoms with Gasteiger partial charge in [0.15, 0.2) is 0 Å². The molecule has 148 valence electrons. The summed E-state index contributed by atoms with van der Waals surface area (Å²) in [7, 11) is -2.14. The highest BCUT2D eigenvalue weighted by molar-refractivity contribution is 6.70. The molecular formula is C22H44O2Si. The zero-order chi connectivity index (χ0) is 17.8. The topological polar surface area (TPSA) is 18.5 Å². The van der Waals surface area contributed by atoms with Crippen molar-refractivity contribution < 1.29 is 8.85 Å². The lowest BCUT2D eigenvalue weighted by atomic mass is 10.00. The molecule has 0 aromatic rings. The molecule has 0 unspecified atom stereocenters. The van der Waals surface area contributed by atoms with E-state index in [4.69, 9.17) is 8.85 Å². The van der Waals surface area contributed by atoms with Crippen molar-refractivity contribution in [2.75, 3.05) is 13.2 Å². The van der Waals surface area contributed by atoms with E-state index in [2.05, 4.69) is 13.8 Å². The third kappa shape index (κ3) is 6.66. The van der Waals surface area contributed by atoms with Crippen molar-refractivity contribution >= 4 is 8.56 Å². The SMILES string of the molecule is CCCO[Si](OCCC)(C1CCCCCCC1)C1CCCCCCC1. The third-order valence-corrected chi connectivity index (χ3v) is 11.2. The van der Waals surface area contributed by atoms with Crippen LogP contribution in [0.15, 0.2) is 0 Å². The van der Waals surface area contributed by atoms with Crippen LogP contribution in [-0.2, 0) is 8.85 Å². The molecule has 0 radical (unpaired) electrons. The summed E-state index contributed by atoms with van der Waals surface area (Å²) in [6.45, 7) is 6.36. The Hall–Kier alpha value is 0.137. The second kappa shape index (κ2) is 12.5. The van der Waals surface area contributed by atoms with E-state index in [1.165, 1.54) is 89.9 Å². The van der Waals surface area contributed by atoms with Crippen molar-refractivity contribution in [3.8, 4) is 0 Å². The van der Waals surface area contributed by atoms with Gasteiger partial charge in [0.25, 0.3) is 0 Å². The maximum Gasteiger partial charge on any atom is 0.344 e. The average molecular weight is 369 g/mol. The number of hydrogen-bond acceptors (Lipinski definition) is 2. The van der Waals surface area contributed by atoms with Gasteiger partial charge in [-0.3, -0.25) is 0 Å². The van der Waals surface area contributed by atoms with Crippen LogP contribution in [0.5, 0.6) is 0 Å². The van der Waals surface area contributed by atoms with E-state index in [-0.39, 0.29) is 0 Å². The average Bonchev–Trinajstić information content (AvgIpc) is 2.56. The van der Waals surface area contributed by atoms with Gasteiger partial charge in [-0.15, -0.1) is 0 Å². The van der Waals surface area contributed by atoms with Crippen LogP contribution in [-0.4, -0.2) is 21.8 Å². The fourth-order valence-electron chi connectivity index (χ4n) is 5.09. The molecule has 0 aromatic carbocycles. The first kappa shape index (κ1) is 21.4. The minimum atomic E-state index is -2.14. The Morgan fingerprint density at radius 1 is 0.560 bits per heavy atom. The van der Waals surface area contributed by atoms with Gasteiger partial charge in [-0.1, -0.05) is 78.1 Å². The maximum absolute atomic E-state index is 6.87. The largest absolute Gasteiger partial charge is 0.394 e. The minimum Gasteiger partial charge on any atom is -0.394 e. The van der Waals surface area contributed by atoms with E-state index in [0.29, 0.717) is 0 Å². The van der Waals surface area contributed by atoms with Gasteiger partial charge in [-0.25, -0.2) is 0 Å². The molecule has 0 aliphatic heterocycles. The Morgan fingerprint density at radius 3 is 1.20 bits per heavy atom. The molecule has 2 rings (SSSR count). The Labute approximate surface area is 158 Å². The van der Waals surface area contributed by atoms with Gasteiger partial charge in [0.2, 0.25) is 0 Å². The van der Waals surface area contributed by atoms with Crippen LogP contribution in [0, 0.1) is 0 Å². The summed E-state index contributed by atoms with van der Waals surface area (Å²) in [5.74, 6) is 0. The molecule has 25 heavy (non-hydrogen) atoms. The predicted octanol–water partition coefficient (Wildman–Crippen LogP) is 7.51. The molecule has 2 saturated carbocycles. The Bertz CT molecular complexity index is 286. The summed E-state index contributed by atoms with van der Waals surface area (Å²) in [6, 6.07) is 0. The summed E-state index contributed by atoms with van der Waals surface area (Å²) in [5.41, 5.74) is 1.49. The summed E-state index contributed by atoms with van der Waals surface area (Å²) < 4.78 is 13.7. The summed E-state index contributed by atoms with van der Waals surface area (Å²) in [6.07, 6.45) is 21.9. The summed E-state index contributed by atoms with van der Waals surface area (Å²) >= 11 is 0. The van der Waals surface area contributed by atoms with Crippen molar-refractivity contribution in [2.24, 2.45) is 0 Å². The molecule has 0 atom stereocenters. The monoisotopic (exact) mass is 368 g/mol. The first-order chi connectivity index (χ1) is 12.3. The van der Waals surface area contributed by atoms with E-state index >= 15 is 0 Å². The van der Waals surface area contributed by atoms with Crippen LogP contribution in [0.4, 0.5) is 0 Å². The molecular weight excluding hydrogens is 324 g/mol. The van der Waals surface area contributed by atoms with E-state index in [0.717, 1.165) is 37.1 Å². The first-order valence-electron chi connectivity index (χ1n) is 11.6. The highest BCUT2D eigenvalue weighted by atomic mass is 28.4. The summed E-state index contributed by atoms with van der Waals surface area (Å²) in [5, 5.41) is 0. The van der Waals surface area contributed by atoms with Gasteiger partial charge in [0.1, 0.15) is 0 Å². The lowest BCUT2D eigenvalue weighted by molar-refractivity contribution is 0.137. The second-order valence-corrected chi connectivity index (χ2v) is 12.2. The fourth-order valence-corrected chi connectivity index (χ4v) is 10.3. The van der Waals surface area contributed by atoms with E-state index in [1.54, 1.807) is 0 Å². The molecule has 2 aliphatic carbocycles. The van der Waals surface area contributed by atoms with Gasteiger partial charge in [0, 0.05) is 24.3 Å². The number of rotatable bonds is 8. The van der Waals surface area contributed by atoms with Crippen LogP contribution in [0.3, 0.4) is 0 Å². The molecule has 0 bridgehead atoms. The maximum atomic E-state index is 6.87. The molecule has 2 nitrogen and oxygen atoms in total. The first-order valence-corrected chi connectivity index (χ1v) is 13.6. The molecule has 0 heterocycles. The molecule has 0 spiro atoms. The van der Waals surface area contributed by atoms with E-state index in [9.17, 15) is 0 Å². The predicted molar refractivity (Wildman–Crippen MR) is 110 cm³/mol. The van der Waals surface area contributed by atoms with E-state index < -0.39 is 8.56 Å². The van der Waals surface area contributed by atoms with Crippen molar-refractivity contribution in [3.05, 3.63) is 0 Å². The highest BCUT2D eigenvalue weighted by Crippen LogP contribution is 2.47. The van der Waals surface area contributed by atoms with E-state index in [1.807, 2.05) is 0 Å². The Balaban J connectivity index is 2.22. The van der Waals surface area contributed by atoms with Gasteiger partial charge >= 0.3 is 8.56 Å². The zero-order valence-electron chi connectivity index (χ0n) is 17.2. The number of hydrogen-bond donors (Lipinski definition) is 0. The molecule has 0 saturated heterocycles. The van der Waals surface area contributed by atoms with Crippen molar-refractivity contribution in [1.82, 2.24) is 0 Å². The summed E-state index contributed by atoms with van der Waals surface area (Å²) in [4.78, 5) is 0. The molecule has 2 aliphatic rings. The lowest BCUT2D eigenvalue weighted by Crippen LogP contribution is -2.52. The van der Waals surface area contributed by atoms with Gasteiger partial charge < -0.3 is 8.85 Å². The van der Waals surface area contributed by atoms with Crippen LogP contribution in [0.25, 0.3) is 0 Å². The fraction of sp³-hybridized carbons (Fsp3) is 1.00. The van der Waals surface area contributed by atoms with Gasteiger partial charge in [0.05, 0.1) is 0 Å². The minimum absolute atomic E-state index is 0.746. The van der Waals surface area contributed by atoms with Crippen molar-refractivity contribution in [3.63, 3.8) is 0 Å². The van der Waals surface area contributed by atoms with Crippen LogP contribution in [0.2, 0.25) is 11.1 Å². The van der Waals surface area contributed by atoms with Crippen LogP contribution in [0.1, 0.15) is 117 Å². The normalized spacial score (nSPS) is 22.8. The smallest absolute Gasteiger partial charge is 0.344 e. The van der Waals surface area contributed by atoms with Gasteiger partial charge in [-0.05, 0) is 38.5 Å². The standard InChI is InChI=1S/C22H44O2Si/c1-3-19-23-25(24-20-4-2,21-15-11-7-5-8-12-16-21)22-17-13-9-6-10-14-18-22/h21-22H,3-20H2,1-2H3. The highest BCUT2D eigenvalue weighted by Gasteiger charge is 2.51. The zero-order valence-corrected chi connectivity index (χ0v) is 18.2. The van der Waals surface area contributed by atoms with Crippen LogP contribution < -0.4 is 0 Å². The van der Waals surface area contributed by atoms with Crippen molar-refractivity contribution in [2.45, 2.75) is 128 Å². The third-order valence-electron chi connectivity index (χ3n) is 6.41. The quantitative estimate of drug-likeness (QED) is 0.413. The van der Waals surface area contributed by atoms with Crippen molar-refractivity contribution in [1.29, 1.82) is 0 Å². The molecule has 0 aromatic heterocycles. The molecule has 2 fully saturated rings.